The van der Waals surface area contributed by atoms with Gasteiger partial charge in [0.25, 0.3) is 5.97 Å². The Morgan fingerprint density at radius 1 is 1.05 bits per heavy atom. The first-order chi connectivity index (χ1) is 8.73. The SMILES string of the molecule is CC(=O)O.CC(=O)Oc1cccc(I)c1OC(C)=O. The third-order valence-electron chi connectivity index (χ3n) is 1.43. The summed E-state index contributed by atoms with van der Waals surface area (Å²) >= 11 is 2.00. The zero-order chi connectivity index (χ0) is 15.0. The van der Waals surface area contributed by atoms with Crippen LogP contribution in [0.4, 0.5) is 0 Å². The number of carboxylic acid groups (broad SMARTS) is 1. The van der Waals surface area contributed by atoms with Gasteiger partial charge < -0.3 is 14.6 Å². The van der Waals surface area contributed by atoms with Crippen molar-refractivity contribution in [2.24, 2.45) is 0 Å². The highest BCUT2D eigenvalue weighted by molar-refractivity contribution is 14.1. The molecule has 0 aromatic heterocycles. The second kappa shape index (κ2) is 8.46. The molecule has 0 heterocycles. The predicted octanol–water partition coefficient (Wildman–Crippen LogP) is 2.23. The summed E-state index contributed by atoms with van der Waals surface area (Å²) in [4.78, 5) is 30.6. The Balaban J connectivity index is 0.000000711. The van der Waals surface area contributed by atoms with E-state index in [2.05, 4.69) is 0 Å². The van der Waals surface area contributed by atoms with Crippen molar-refractivity contribution in [3.05, 3.63) is 21.8 Å². The smallest absolute Gasteiger partial charge is 0.308 e. The normalized spacial score (nSPS) is 8.84. The number of para-hydroxylation sites is 1. The summed E-state index contributed by atoms with van der Waals surface area (Å²) < 4.78 is 10.6. The number of carboxylic acids is 1. The van der Waals surface area contributed by atoms with Crippen molar-refractivity contribution < 1.29 is 29.0 Å². The van der Waals surface area contributed by atoms with E-state index < -0.39 is 17.9 Å². The number of hydrogen-bond donors (Lipinski definition) is 1. The second-order valence-corrected chi connectivity index (χ2v) is 4.44. The van der Waals surface area contributed by atoms with Gasteiger partial charge in [0.1, 0.15) is 0 Å². The monoisotopic (exact) mass is 380 g/mol. The molecule has 0 radical (unpaired) electrons. The quantitative estimate of drug-likeness (QED) is 0.481. The molecule has 0 saturated heterocycles. The van der Waals surface area contributed by atoms with Gasteiger partial charge in [-0.25, -0.2) is 0 Å². The minimum Gasteiger partial charge on any atom is -0.481 e. The minimum absolute atomic E-state index is 0.254. The first-order valence-electron chi connectivity index (χ1n) is 5.09. The summed E-state index contributed by atoms with van der Waals surface area (Å²) in [5.41, 5.74) is 0. The van der Waals surface area contributed by atoms with Gasteiger partial charge in [0.15, 0.2) is 11.5 Å². The molecule has 1 aromatic rings. The van der Waals surface area contributed by atoms with Crippen LogP contribution in [0.15, 0.2) is 18.2 Å². The molecule has 0 amide bonds. The molecular weight excluding hydrogens is 367 g/mol. The van der Waals surface area contributed by atoms with E-state index in [1.165, 1.54) is 13.8 Å². The zero-order valence-corrected chi connectivity index (χ0v) is 12.8. The molecule has 1 aromatic carbocycles. The number of esters is 2. The zero-order valence-electron chi connectivity index (χ0n) is 10.6. The van der Waals surface area contributed by atoms with Crippen LogP contribution in [-0.2, 0) is 14.4 Å². The van der Waals surface area contributed by atoms with Gasteiger partial charge in [-0.3, -0.25) is 14.4 Å². The van der Waals surface area contributed by atoms with Gasteiger partial charge in [-0.1, -0.05) is 6.07 Å². The highest BCUT2D eigenvalue weighted by Gasteiger charge is 2.12. The van der Waals surface area contributed by atoms with Gasteiger partial charge in [0.2, 0.25) is 0 Å². The summed E-state index contributed by atoms with van der Waals surface area (Å²) in [7, 11) is 0. The van der Waals surface area contributed by atoms with E-state index in [1.54, 1.807) is 18.2 Å². The second-order valence-electron chi connectivity index (χ2n) is 3.27. The lowest BCUT2D eigenvalue weighted by atomic mass is 10.3. The van der Waals surface area contributed by atoms with E-state index in [-0.39, 0.29) is 11.5 Å². The Hall–Kier alpha value is -1.64. The van der Waals surface area contributed by atoms with E-state index in [0.717, 1.165) is 6.92 Å². The van der Waals surface area contributed by atoms with E-state index in [4.69, 9.17) is 19.4 Å². The number of benzene rings is 1. The fourth-order valence-corrected chi connectivity index (χ4v) is 1.55. The first kappa shape index (κ1) is 17.4. The van der Waals surface area contributed by atoms with Gasteiger partial charge in [-0.2, -0.15) is 0 Å². The Labute approximate surface area is 123 Å². The summed E-state index contributed by atoms with van der Waals surface area (Å²) in [5, 5.41) is 7.42. The van der Waals surface area contributed by atoms with Gasteiger partial charge >= 0.3 is 11.9 Å². The maximum absolute atomic E-state index is 10.8. The molecule has 0 unspecified atom stereocenters. The standard InChI is InChI=1S/C10H9IO4.C2H4O2/c1-6(12)14-9-5-3-4-8(11)10(9)15-7(2)13;1-2(3)4/h3-5H,1-2H3;1H3,(H,3,4). The van der Waals surface area contributed by atoms with E-state index in [1.807, 2.05) is 22.6 Å². The van der Waals surface area contributed by atoms with Crippen molar-refractivity contribution in [2.45, 2.75) is 20.8 Å². The Bertz CT molecular complexity index is 479. The lowest BCUT2D eigenvalue weighted by Gasteiger charge is -2.09. The third-order valence-corrected chi connectivity index (χ3v) is 2.28. The van der Waals surface area contributed by atoms with Crippen molar-refractivity contribution in [2.75, 3.05) is 0 Å². The largest absolute Gasteiger partial charge is 0.481 e. The summed E-state index contributed by atoms with van der Waals surface area (Å²) in [6.45, 7) is 3.66. The molecule has 0 aliphatic heterocycles. The van der Waals surface area contributed by atoms with E-state index in [0.29, 0.717) is 3.57 Å². The molecule has 1 rings (SSSR count). The van der Waals surface area contributed by atoms with Crippen LogP contribution in [0, 0.1) is 3.57 Å². The minimum atomic E-state index is -0.833. The highest BCUT2D eigenvalue weighted by atomic mass is 127. The van der Waals surface area contributed by atoms with Gasteiger partial charge in [0.05, 0.1) is 3.57 Å². The summed E-state index contributed by atoms with van der Waals surface area (Å²) in [5.74, 6) is -1.21. The first-order valence-corrected chi connectivity index (χ1v) is 6.16. The van der Waals surface area contributed by atoms with Crippen LogP contribution in [0.5, 0.6) is 11.5 Å². The molecule has 104 valence electrons. The highest BCUT2D eigenvalue weighted by Crippen LogP contribution is 2.32. The van der Waals surface area contributed by atoms with Crippen molar-refractivity contribution >= 4 is 40.5 Å². The van der Waals surface area contributed by atoms with Gasteiger partial charge in [0, 0.05) is 20.8 Å². The van der Waals surface area contributed by atoms with Crippen LogP contribution in [-0.4, -0.2) is 23.0 Å². The van der Waals surface area contributed by atoms with Gasteiger partial charge in [-0.05, 0) is 34.7 Å². The summed E-state index contributed by atoms with van der Waals surface area (Å²) in [6.07, 6.45) is 0. The Morgan fingerprint density at radius 2 is 1.53 bits per heavy atom. The average molecular weight is 380 g/mol. The number of hydrogen-bond acceptors (Lipinski definition) is 5. The molecular formula is C12H13IO6. The summed E-state index contributed by atoms with van der Waals surface area (Å²) in [6, 6.07) is 5.04. The van der Waals surface area contributed by atoms with Crippen LogP contribution in [0.1, 0.15) is 20.8 Å². The van der Waals surface area contributed by atoms with Crippen molar-refractivity contribution in [3.8, 4) is 11.5 Å². The fraction of sp³-hybridized carbons (Fsp3) is 0.250. The maximum Gasteiger partial charge on any atom is 0.308 e. The predicted molar refractivity (Wildman–Crippen MR) is 75.1 cm³/mol. The van der Waals surface area contributed by atoms with Crippen LogP contribution < -0.4 is 9.47 Å². The maximum atomic E-state index is 10.8. The Morgan fingerprint density at radius 3 is 1.95 bits per heavy atom. The molecule has 0 atom stereocenters. The number of carbonyl (C=O) groups excluding carboxylic acids is 2. The molecule has 0 aliphatic rings. The number of rotatable bonds is 2. The number of aliphatic carboxylic acids is 1. The molecule has 6 nitrogen and oxygen atoms in total. The molecule has 0 spiro atoms. The molecule has 1 N–H and O–H groups in total. The van der Waals surface area contributed by atoms with Crippen LogP contribution >= 0.6 is 22.6 Å². The van der Waals surface area contributed by atoms with Crippen molar-refractivity contribution in [1.82, 2.24) is 0 Å². The molecule has 0 aliphatic carbocycles. The third kappa shape index (κ3) is 8.14. The number of carbonyl (C=O) groups is 3. The van der Waals surface area contributed by atoms with Crippen LogP contribution in [0.3, 0.4) is 0 Å². The van der Waals surface area contributed by atoms with E-state index >= 15 is 0 Å². The molecule has 7 heteroatoms. The average Bonchev–Trinajstić information content (AvgIpc) is 2.21. The lowest BCUT2D eigenvalue weighted by molar-refractivity contribution is -0.134. The lowest BCUT2D eigenvalue weighted by Crippen LogP contribution is -2.08. The van der Waals surface area contributed by atoms with Crippen molar-refractivity contribution in [3.63, 3.8) is 0 Å². The fourth-order valence-electron chi connectivity index (χ4n) is 0.967. The number of halogens is 1. The Kier molecular flexibility index (Phi) is 7.73. The van der Waals surface area contributed by atoms with Crippen LogP contribution in [0.2, 0.25) is 0 Å². The molecule has 19 heavy (non-hydrogen) atoms. The molecule has 0 saturated carbocycles. The molecule has 0 fully saturated rings. The van der Waals surface area contributed by atoms with E-state index in [9.17, 15) is 9.59 Å². The van der Waals surface area contributed by atoms with Crippen molar-refractivity contribution in [1.29, 1.82) is 0 Å². The number of ether oxygens (including phenoxy) is 2. The molecule has 0 bridgehead atoms. The van der Waals surface area contributed by atoms with Crippen LogP contribution in [0.25, 0.3) is 0 Å². The van der Waals surface area contributed by atoms with Gasteiger partial charge in [-0.15, -0.1) is 0 Å². The topological polar surface area (TPSA) is 89.9 Å².